The van der Waals surface area contributed by atoms with Crippen LogP contribution in [0, 0.1) is 11.7 Å². The maximum Gasteiger partial charge on any atom is 0.327 e. The van der Waals surface area contributed by atoms with Crippen LogP contribution < -0.4 is 0 Å². The fourth-order valence-corrected chi connectivity index (χ4v) is 6.29. The molecule has 1 aliphatic heterocycles. The van der Waals surface area contributed by atoms with E-state index < -0.39 is 41.6 Å². The normalized spacial score (nSPS) is 20.8. The van der Waals surface area contributed by atoms with Crippen molar-refractivity contribution in [2.75, 3.05) is 0 Å². The Bertz CT molecular complexity index is 1540. The van der Waals surface area contributed by atoms with Gasteiger partial charge < -0.3 is 10.0 Å². The van der Waals surface area contributed by atoms with Crippen molar-refractivity contribution in [3.63, 3.8) is 0 Å². The number of carbonyl (C=O) groups excluding carboxylic acids is 2. The van der Waals surface area contributed by atoms with Crippen LogP contribution in [0.15, 0.2) is 102 Å². The van der Waals surface area contributed by atoms with Gasteiger partial charge in [0.05, 0.1) is 12.0 Å². The second-order valence-electron chi connectivity index (χ2n) is 9.21. The van der Waals surface area contributed by atoms with Crippen LogP contribution in [0.2, 0.25) is 5.02 Å². The Balaban J connectivity index is 1.71. The second-order valence-corrected chi connectivity index (χ2v) is 10.6. The minimum absolute atomic E-state index is 0.000134. The highest BCUT2D eigenvalue weighted by Crippen LogP contribution is 2.47. The standard InChI is InChI=1S/C31H23ClFNO4S/c32-22-11-4-9-20(17-22)29(35)26-24(15-14-19-7-2-1-3-8-19)34(30(36)21-10-5-12-23(33)18-21)28(31(37)38)27(26)25-13-6-16-39-25/h1-18,24,26-28H,(H,37,38). The van der Waals surface area contributed by atoms with Crippen LogP contribution >= 0.6 is 22.9 Å². The molecule has 5 rings (SSSR count). The molecule has 1 aromatic heterocycles. The number of hydrogen-bond acceptors (Lipinski definition) is 4. The van der Waals surface area contributed by atoms with Gasteiger partial charge >= 0.3 is 5.97 Å². The number of carboxylic acid groups (broad SMARTS) is 1. The highest BCUT2D eigenvalue weighted by molar-refractivity contribution is 7.10. The van der Waals surface area contributed by atoms with E-state index in [0.717, 1.165) is 11.6 Å². The van der Waals surface area contributed by atoms with E-state index in [9.17, 15) is 23.9 Å². The zero-order valence-corrected chi connectivity index (χ0v) is 22.1. The first-order valence-corrected chi connectivity index (χ1v) is 13.5. The van der Waals surface area contributed by atoms with E-state index in [0.29, 0.717) is 15.5 Å². The molecule has 1 amide bonds. The molecule has 8 heteroatoms. The number of rotatable bonds is 7. The topological polar surface area (TPSA) is 74.7 Å². The van der Waals surface area contributed by atoms with E-state index >= 15 is 0 Å². The summed E-state index contributed by atoms with van der Waals surface area (Å²) in [5.41, 5.74) is 1.13. The van der Waals surface area contributed by atoms with Crippen molar-refractivity contribution >= 4 is 46.7 Å². The quantitative estimate of drug-likeness (QED) is 0.252. The number of halogens is 2. The van der Waals surface area contributed by atoms with Gasteiger partial charge in [-0.3, -0.25) is 9.59 Å². The third-order valence-electron chi connectivity index (χ3n) is 6.84. The minimum Gasteiger partial charge on any atom is -0.480 e. The van der Waals surface area contributed by atoms with Gasteiger partial charge in [-0.2, -0.15) is 0 Å². The van der Waals surface area contributed by atoms with Crippen LogP contribution in [-0.2, 0) is 4.79 Å². The predicted molar refractivity (Wildman–Crippen MR) is 150 cm³/mol. The molecular weight excluding hydrogens is 537 g/mol. The maximum absolute atomic E-state index is 14.2. The predicted octanol–water partition coefficient (Wildman–Crippen LogP) is 6.81. The summed E-state index contributed by atoms with van der Waals surface area (Å²) in [6, 6.07) is 22.1. The third kappa shape index (κ3) is 5.41. The van der Waals surface area contributed by atoms with Crippen molar-refractivity contribution in [2.24, 2.45) is 5.92 Å². The minimum atomic E-state index is -1.38. The Morgan fingerprint density at radius 1 is 0.897 bits per heavy atom. The summed E-state index contributed by atoms with van der Waals surface area (Å²) in [5.74, 6) is -4.67. The van der Waals surface area contributed by atoms with Crippen molar-refractivity contribution < 1.29 is 23.9 Å². The van der Waals surface area contributed by atoms with Gasteiger partial charge in [-0.05, 0) is 47.3 Å². The van der Waals surface area contributed by atoms with Gasteiger partial charge in [-0.15, -0.1) is 11.3 Å². The molecule has 1 fully saturated rings. The average molecular weight is 560 g/mol. The monoisotopic (exact) mass is 559 g/mol. The van der Waals surface area contributed by atoms with Gasteiger partial charge in [0.15, 0.2) is 5.78 Å². The lowest BCUT2D eigenvalue weighted by Crippen LogP contribution is -2.46. The summed E-state index contributed by atoms with van der Waals surface area (Å²) in [6.45, 7) is 0. The first-order valence-electron chi connectivity index (χ1n) is 12.2. The summed E-state index contributed by atoms with van der Waals surface area (Å²) in [7, 11) is 0. The number of aliphatic carboxylic acids is 1. The molecule has 4 atom stereocenters. The van der Waals surface area contributed by atoms with Crippen LogP contribution in [0.4, 0.5) is 4.39 Å². The fraction of sp³-hybridized carbons (Fsp3) is 0.129. The molecule has 0 aliphatic carbocycles. The molecule has 0 saturated carbocycles. The number of ketones is 1. The molecule has 0 bridgehead atoms. The first-order chi connectivity index (χ1) is 18.8. The molecule has 0 radical (unpaired) electrons. The van der Waals surface area contributed by atoms with Gasteiger partial charge in [0, 0.05) is 26.9 Å². The molecule has 39 heavy (non-hydrogen) atoms. The number of nitrogens with zero attached hydrogens (tertiary/aromatic N) is 1. The van der Waals surface area contributed by atoms with Crippen molar-refractivity contribution in [3.8, 4) is 0 Å². The van der Waals surface area contributed by atoms with Crippen LogP contribution in [-0.4, -0.2) is 39.7 Å². The van der Waals surface area contributed by atoms with E-state index in [2.05, 4.69) is 0 Å². The summed E-state index contributed by atoms with van der Waals surface area (Å²) in [6.07, 6.45) is 3.47. The highest BCUT2D eigenvalue weighted by atomic mass is 35.5. The molecule has 4 unspecified atom stereocenters. The molecule has 1 N–H and O–H groups in total. The molecule has 1 saturated heterocycles. The van der Waals surface area contributed by atoms with E-state index in [1.165, 1.54) is 34.4 Å². The van der Waals surface area contributed by atoms with Crippen LogP contribution in [0.25, 0.3) is 6.08 Å². The van der Waals surface area contributed by atoms with Crippen LogP contribution in [0.5, 0.6) is 0 Å². The van der Waals surface area contributed by atoms with Gasteiger partial charge in [-0.25, -0.2) is 9.18 Å². The summed E-state index contributed by atoms with van der Waals surface area (Å²) >= 11 is 7.53. The number of thiophene rings is 1. The number of benzene rings is 3. The van der Waals surface area contributed by atoms with Crippen LogP contribution in [0.3, 0.4) is 0 Å². The van der Waals surface area contributed by atoms with Gasteiger partial charge in [0.25, 0.3) is 5.91 Å². The Morgan fingerprint density at radius 2 is 1.64 bits per heavy atom. The van der Waals surface area contributed by atoms with E-state index in [-0.39, 0.29) is 11.3 Å². The Morgan fingerprint density at radius 3 is 2.31 bits per heavy atom. The smallest absolute Gasteiger partial charge is 0.327 e. The Labute approximate surface area is 233 Å². The lowest BCUT2D eigenvalue weighted by Gasteiger charge is -2.28. The molecule has 3 aromatic carbocycles. The van der Waals surface area contributed by atoms with Gasteiger partial charge in [0.2, 0.25) is 0 Å². The molecule has 196 valence electrons. The number of carboxylic acids is 1. The number of Topliss-reactive ketones (excluding diaryl/α,β-unsaturated/α-hetero) is 1. The number of hydrogen-bond donors (Lipinski definition) is 1. The van der Waals surface area contributed by atoms with Crippen molar-refractivity contribution in [1.29, 1.82) is 0 Å². The number of carbonyl (C=O) groups is 3. The fourth-order valence-electron chi connectivity index (χ4n) is 5.20. The maximum atomic E-state index is 14.2. The highest BCUT2D eigenvalue weighted by Gasteiger charge is 2.56. The lowest BCUT2D eigenvalue weighted by molar-refractivity contribution is -0.142. The zero-order valence-electron chi connectivity index (χ0n) is 20.5. The Hall–Kier alpha value is -4.07. The van der Waals surface area contributed by atoms with E-state index in [1.807, 2.05) is 30.3 Å². The molecule has 1 aliphatic rings. The molecule has 2 heterocycles. The molecule has 4 aromatic rings. The summed E-state index contributed by atoms with van der Waals surface area (Å²) < 4.78 is 14.1. The zero-order chi connectivity index (χ0) is 27.5. The summed E-state index contributed by atoms with van der Waals surface area (Å²) in [5, 5.41) is 12.7. The summed E-state index contributed by atoms with van der Waals surface area (Å²) in [4.78, 5) is 42.9. The largest absolute Gasteiger partial charge is 0.480 e. The van der Waals surface area contributed by atoms with Crippen molar-refractivity contribution in [3.05, 3.63) is 135 Å². The molecule has 0 spiro atoms. The van der Waals surface area contributed by atoms with Gasteiger partial charge in [0.1, 0.15) is 11.9 Å². The SMILES string of the molecule is O=C(c1cccc(Cl)c1)C1C(c2cccs2)C(C(=O)O)N(C(=O)c2cccc(F)c2)C1C=Cc1ccccc1. The molecular formula is C31H23ClFNO4S. The van der Waals surface area contributed by atoms with E-state index in [4.69, 9.17) is 11.6 Å². The number of likely N-dealkylation sites (tertiary alicyclic amines) is 1. The average Bonchev–Trinajstić information content (AvgIpc) is 3.58. The Kier molecular flexibility index (Phi) is 7.72. The van der Waals surface area contributed by atoms with Crippen molar-refractivity contribution in [2.45, 2.75) is 18.0 Å². The lowest BCUT2D eigenvalue weighted by atomic mass is 9.80. The molecule has 5 nitrogen and oxygen atoms in total. The van der Waals surface area contributed by atoms with Crippen LogP contribution in [0.1, 0.15) is 37.1 Å². The second kappa shape index (κ2) is 11.4. The first kappa shape index (κ1) is 26.5. The third-order valence-corrected chi connectivity index (χ3v) is 8.05. The number of amides is 1. The van der Waals surface area contributed by atoms with Gasteiger partial charge in [-0.1, -0.05) is 78.4 Å². The van der Waals surface area contributed by atoms with Crippen molar-refractivity contribution in [1.82, 2.24) is 4.90 Å². The van der Waals surface area contributed by atoms with E-state index in [1.54, 1.807) is 53.9 Å².